The molecule has 0 fully saturated rings. The highest BCUT2D eigenvalue weighted by molar-refractivity contribution is 7.92. The lowest BCUT2D eigenvalue weighted by atomic mass is 10.1. The van der Waals surface area contributed by atoms with Crippen LogP contribution in [0.4, 0.5) is 15.8 Å². The van der Waals surface area contributed by atoms with Gasteiger partial charge in [-0.25, -0.2) is 17.6 Å². The second-order valence-electron chi connectivity index (χ2n) is 7.94. The summed E-state index contributed by atoms with van der Waals surface area (Å²) >= 11 is 0. The number of nitrogens with zero attached hydrogens (tertiary/aromatic N) is 1. The molecule has 4 rings (SSSR count). The first-order valence-electron chi connectivity index (χ1n) is 11.1. The van der Waals surface area contributed by atoms with Crippen LogP contribution in [0.15, 0.2) is 95.9 Å². The van der Waals surface area contributed by atoms with Gasteiger partial charge in [0.05, 0.1) is 10.6 Å². The van der Waals surface area contributed by atoms with E-state index in [1.165, 1.54) is 43.4 Å². The molecule has 0 unspecified atom stereocenters. The molecule has 1 N–H and O–H groups in total. The fourth-order valence-electron chi connectivity index (χ4n) is 3.51. The first-order valence-corrected chi connectivity index (χ1v) is 12.6. The van der Waals surface area contributed by atoms with E-state index in [-0.39, 0.29) is 4.90 Å². The number of rotatable bonds is 9. The second kappa shape index (κ2) is 11.1. The van der Waals surface area contributed by atoms with Crippen LogP contribution in [0.5, 0.6) is 5.75 Å². The van der Waals surface area contributed by atoms with E-state index < -0.39 is 40.9 Å². The van der Waals surface area contributed by atoms with Gasteiger partial charge in [-0.05, 0) is 60.0 Å². The van der Waals surface area contributed by atoms with Gasteiger partial charge < -0.3 is 14.8 Å². The predicted octanol–water partition coefficient (Wildman–Crippen LogP) is 4.36. The summed E-state index contributed by atoms with van der Waals surface area (Å²) in [6.45, 7) is -0.916. The molecular weight excluding hydrogens is 499 g/mol. The summed E-state index contributed by atoms with van der Waals surface area (Å²) < 4.78 is 50.0. The van der Waals surface area contributed by atoms with Crippen molar-refractivity contribution in [3.63, 3.8) is 0 Å². The monoisotopic (exact) mass is 522 g/mol. The fourth-order valence-corrected chi connectivity index (χ4v) is 4.70. The van der Waals surface area contributed by atoms with Gasteiger partial charge in [0, 0.05) is 18.1 Å². The summed E-state index contributed by atoms with van der Waals surface area (Å²) in [5.74, 6) is -1.46. The maximum absolute atomic E-state index is 13.1. The highest BCUT2D eigenvalue weighted by atomic mass is 32.2. The Balaban J connectivity index is 1.27. The van der Waals surface area contributed by atoms with Crippen molar-refractivity contribution in [1.82, 2.24) is 0 Å². The number of carbonyl (C=O) groups is 2. The van der Waals surface area contributed by atoms with Crippen molar-refractivity contribution in [2.45, 2.75) is 4.90 Å². The number of sulfonamides is 1. The molecule has 1 amide bonds. The molecular formula is C27H23FN2O6S. The zero-order chi connectivity index (χ0) is 26.4. The van der Waals surface area contributed by atoms with E-state index >= 15 is 0 Å². The van der Waals surface area contributed by atoms with Crippen LogP contribution in [0, 0.1) is 5.82 Å². The smallest absolute Gasteiger partial charge is 0.344 e. The molecule has 10 heteroatoms. The number of amides is 1. The molecule has 8 nitrogen and oxygen atoms in total. The molecule has 0 atom stereocenters. The van der Waals surface area contributed by atoms with Gasteiger partial charge in [-0.15, -0.1) is 0 Å². The van der Waals surface area contributed by atoms with Gasteiger partial charge in [0.15, 0.2) is 13.2 Å². The third-order valence-electron chi connectivity index (χ3n) is 5.46. The van der Waals surface area contributed by atoms with Gasteiger partial charge in [-0.1, -0.05) is 36.4 Å². The van der Waals surface area contributed by atoms with Gasteiger partial charge in [-0.3, -0.25) is 9.10 Å². The van der Waals surface area contributed by atoms with Crippen LogP contribution in [0.1, 0.15) is 0 Å². The minimum atomic E-state index is -3.88. The van der Waals surface area contributed by atoms with Crippen molar-refractivity contribution in [1.29, 1.82) is 0 Å². The topological polar surface area (TPSA) is 102 Å². The number of fused-ring (bicyclic) bond motifs is 1. The summed E-state index contributed by atoms with van der Waals surface area (Å²) in [7, 11) is -2.51. The van der Waals surface area contributed by atoms with Crippen molar-refractivity contribution in [2.75, 3.05) is 29.9 Å². The molecule has 0 heterocycles. The van der Waals surface area contributed by atoms with Crippen LogP contribution in [-0.4, -0.2) is 40.6 Å². The van der Waals surface area contributed by atoms with Crippen molar-refractivity contribution >= 4 is 44.0 Å². The Morgan fingerprint density at radius 3 is 2.27 bits per heavy atom. The molecule has 0 saturated carbocycles. The van der Waals surface area contributed by atoms with Crippen molar-refractivity contribution in [3.8, 4) is 5.75 Å². The summed E-state index contributed by atoms with van der Waals surface area (Å²) in [6.07, 6.45) is 0. The maximum Gasteiger partial charge on any atom is 0.344 e. The van der Waals surface area contributed by atoms with E-state index in [1.807, 2.05) is 36.4 Å². The van der Waals surface area contributed by atoms with Crippen molar-refractivity contribution < 1.29 is 31.9 Å². The quantitative estimate of drug-likeness (QED) is 0.328. The number of benzene rings is 4. The minimum absolute atomic E-state index is 0.0519. The van der Waals surface area contributed by atoms with E-state index in [1.54, 1.807) is 6.07 Å². The summed E-state index contributed by atoms with van der Waals surface area (Å²) in [5, 5.41) is 4.56. The molecule has 0 aliphatic carbocycles. The Bertz CT molecular complexity index is 1520. The van der Waals surface area contributed by atoms with E-state index in [4.69, 9.17) is 9.47 Å². The van der Waals surface area contributed by atoms with Gasteiger partial charge in [0.25, 0.3) is 15.9 Å². The summed E-state index contributed by atoms with van der Waals surface area (Å²) in [6, 6.07) is 23.6. The molecule has 37 heavy (non-hydrogen) atoms. The van der Waals surface area contributed by atoms with Crippen LogP contribution >= 0.6 is 0 Å². The number of carbonyl (C=O) groups excluding carboxylic acids is 2. The van der Waals surface area contributed by atoms with Crippen LogP contribution in [-0.2, 0) is 24.3 Å². The second-order valence-corrected chi connectivity index (χ2v) is 9.91. The average molecular weight is 523 g/mol. The third kappa shape index (κ3) is 6.22. The maximum atomic E-state index is 13.1. The van der Waals surface area contributed by atoms with E-state index in [9.17, 15) is 22.4 Å². The number of esters is 1. The average Bonchev–Trinajstić information content (AvgIpc) is 2.91. The number of halogens is 1. The van der Waals surface area contributed by atoms with Gasteiger partial charge >= 0.3 is 5.97 Å². The minimum Gasteiger partial charge on any atom is -0.482 e. The molecule has 0 saturated heterocycles. The van der Waals surface area contributed by atoms with Crippen LogP contribution in [0.3, 0.4) is 0 Å². The molecule has 0 bridgehead atoms. The van der Waals surface area contributed by atoms with E-state index in [0.29, 0.717) is 17.1 Å². The number of hydrogen-bond acceptors (Lipinski definition) is 6. The largest absolute Gasteiger partial charge is 0.482 e. The summed E-state index contributed by atoms with van der Waals surface area (Å²) in [4.78, 5) is 24.2. The number of ether oxygens (including phenoxy) is 2. The van der Waals surface area contributed by atoms with E-state index in [0.717, 1.165) is 27.2 Å². The highest BCUT2D eigenvalue weighted by Gasteiger charge is 2.21. The number of anilines is 2. The molecule has 0 aliphatic heterocycles. The number of hydrogen-bond donors (Lipinski definition) is 1. The van der Waals surface area contributed by atoms with Crippen LogP contribution in [0.25, 0.3) is 10.8 Å². The molecule has 0 aliphatic rings. The Hall–Kier alpha value is -4.44. The van der Waals surface area contributed by atoms with Crippen LogP contribution in [0.2, 0.25) is 0 Å². The lowest BCUT2D eigenvalue weighted by Crippen LogP contribution is -2.26. The zero-order valence-corrected chi connectivity index (χ0v) is 20.6. The third-order valence-corrected chi connectivity index (χ3v) is 7.26. The standard InChI is InChI=1S/C27H23FN2O6S/c1-30(37(33,34)23-15-9-20(28)10-16-23)21-11-13-22(14-12-21)35-18-27(32)36-17-26(31)29-25-8-4-6-19-5-2-3-7-24(19)25/h2-16H,17-18H2,1H3,(H,29,31). The lowest BCUT2D eigenvalue weighted by molar-refractivity contribution is -0.149. The van der Waals surface area contributed by atoms with Crippen molar-refractivity contribution in [3.05, 3.63) is 96.8 Å². The SMILES string of the molecule is CN(c1ccc(OCC(=O)OCC(=O)Nc2cccc3ccccc23)cc1)S(=O)(=O)c1ccc(F)cc1. The first-order chi connectivity index (χ1) is 17.7. The highest BCUT2D eigenvalue weighted by Crippen LogP contribution is 2.25. The Morgan fingerprint density at radius 1 is 0.865 bits per heavy atom. The predicted molar refractivity (Wildman–Crippen MR) is 137 cm³/mol. The van der Waals surface area contributed by atoms with Gasteiger partial charge in [0.1, 0.15) is 11.6 Å². The Labute approximate surface area is 213 Å². The molecule has 0 spiro atoms. The molecule has 0 radical (unpaired) electrons. The van der Waals surface area contributed by atoms with Crippen LogP contribution < -0.4 is 14.4 Å². The van der Waals surface area contributed by atoms with Gasteiger partial charge in [-0.2, -0.15) is 0 Å². The molecule has 0 aromatic heterocycles. The molecule has 190 valence electrons. The Kier molecular flexibility index (Phi) is 7.69. The first kappa shape index (κ1) is 25.6. The van der Waals surface area contributed by atoms with E-state index in [2.05, 4.69) is 5.32 Å². The van der Waals surface area contributed by atoms with Gasteiger partial charge in [0.2, 0.25) is 0 Å². The zero-order valence-electron chi connectivity index (χ0n) is 19.8. The normalized spacial score (nSPS) is 11.1. The lowest BCUT2D eigenvalue weighted by Gasteiger charge is -2.19. The fraction of sp³-hybridized carbons (Fsp3) is 0.111. The van der Waals surface area contributed by atoms with Crippen molar-refractivity contribution in [2.24, 2.45) is 0 Å². The summed E-state index contributed by atoms with van der Waals surface area (Å²) in [5.41, 5.74) is 0.950. The Morgan fingerprint density at radius 2 is 1.54 bits per heavy atom. The molecule has 4 aromatic rings. The molecule has 4 aromatic carbocycles. The number of nitrogens with one attached hydrogen (secondary N) is 1.